The second kappa shape index (κ2) is 4.73. The van der Waals surface area contributed by atoms with Gasteiger partial charge in [-0.15, -0.1) is 0 Å². The van der Waals surface area contributed by atoms with Crippen LogP contribution in [0.15, 0.2) is 24.3 Å². The molecule has 1 aromatic carbocycles. The van der Waals surface area contributed by atoms with Crippen LogP contribution in [-0.4, -0.2) is 5.92 Å². The van der Waals surface area contributed by atoms with Gasteiger partial charge >= 0.3 is 0 Å². The SMILES string of the molecule is Cc1ccccc1C(N)C1CCC(F)(F)CC1. The van der Waals surface area contributed by atoms with Gasteiger partial charge < -0.3 is 5.73 Å². The van der Waals surface area contributed by atoms with Gasteiger partial charge in [-0.2, -0.15) is 0 Å². The molecule has 0 aromatic heterocycles. The van der Waals surface area contributed by atoms with Gasteiger partial charge in [-0.05, 0) is 36.8 Å². The van der Waals surface area contributed by atoms with Crippen LogP contribution < -0.4 is 5.73 Å². The summed E-state index contributed by atoms with van der Waals surface area (Å²) in [6.45, 7) is 2.02. The molecule has 17 heavy (non-hydrogen) atoms. The second-order valence-corrected chi connectivity index (χ2v) is 5.08. The maximum absolute atomic E-state index is 13.1. The molecule has 0 aliphatic heterocycles. The van der Waals surface area contributed by atoms with E-state index in [2.05, 4.69) is 0 Å². The first-order chi connectivity index (χ1) is 7.99. The van der Waals surface area contributed by atoms with E-state index in [1.54, 1.807) is 0 Å². The van der Waals surface area contributed by atoms with Gasteiger partial charge in [0, 0.05) is 18.9 Å². The molecule has 1 nitrogen and oxygen atoms in total. The van der Waals surface area contributed by atoms with Crippen LogP contribution in [0.3, 0.4) is 0 Å². The molecule has 0 heterocycles. The summed E-state index contributed by atoms with van der Waals surface area (Å²) in [5.41, 5.74) is 8.46. The fourth-order valence-corrected chi connectivity index (χ4v) is 2.64. The van der Waals surface area contributed by atoms with Crippen LogP contribution in [0.1, 0.15) is 42.9 Å². The Morgan fingerprint density at radius 2 is 1.82 bits per heavy atom. The molecule has 2 N–H and O–H groups in total. The van der Waals surface area contributed by atoms with Crippen LogP contribution in [0.4, 0.5) is 8.78 Å². The van der Waals surface area contributed by atoms with Crippen molar-refractivity contribution in [1.82, 2.24) is 0 Å². The standard InChI is InChI=1S/C14H19F2N/c1-10-4-2-3-5-12(10)13(17)11-6-8-14(15,16)9-7-11/h2-5,11,13H,6-9,17H2,1H3. The molecule has 1 unspecified atom stereocenters. The van der Waals surface area contributed by atoms with E-state index in [9.17, 15) is 8.78 Å². The van der Waals surface area contributed by atoms with E-state index >= 15 is 0 Å². The summed E-state index contributed by atoms with van der Waals surface area (Å²) in [7, 11) is 0. The summed E-state index contributed by atoms with van der Waals surface area (Å²) < 4.78 is 26.2. The van der Waals surface area contributed by atoms with Crippen molar-refractivity contribution in [2.45, 2.75) is 44.6 Å². The third-order valence-electron chi connectivity index (χ3n) is 3.82. The molecule has 0 spiro atoms. The maximum Gasteiger partial charge on any atom is 0.248 e. The Balaban J connectivity index is 2.07. The van der Waals surface area contributed by atoms with Gasteiger partial charge in [0.05, 0.1) is 0 Å². The fourth-order valence-electron chi connectivity index (χ4n) is 2.64. The van der Waals surface area contributed by atoms with E-state index in [1.807, 2.05) is 31.2 Å². The number of hydrogen-bond donors (Lipinski definition) is 1. The van der Waals surface area contributed by atoms with E-state index in [4.69, 9.17) is 5.73 Å². The number of halogens is 2. The summed E-state index contributed by atoms with van der Waals surface area (Å²) in [6.07, 6.45) is 1.03. The molecule has 0 amide bonds. The molecular formula is C14H19F2N. The second-order valence-electron chi connectivity index (χ2n) is 5.08. The summed E-state index contributed by atoms with van der Waals surface area (Å²) in [5.74, 6) is -2.28. The van der Waals surface area contributed by atoms with E-state index < -0.39 is 5.92 Å². The molecule has 1 fully saturated rings. The summed E-state index contributed by atoms with van der Waals surface area (Å²) >= 11 is 0. The summed E-state index contributed by atoms with van der Waals surface area (Å²) in [6, 6.07) is 7.85. The molecule has 0 radical (unpaired) electrons. The molecule has 1 aliphatic carbocycles. The predicted octanol–water partition coefficient (Wildman–Crippen LogP) is 3.82. The number of nitrogens with two attached hydrogens (primary N) is 1. The monoisotopic (exact) mass is 239 g/mol. The number of benzene rings is 1. The van der Waals surface area contributed by atoms with Crippen LogP contribution in [0.5, 0.6) is 0 Å². The van der Waals surface area contributed by atoms with Crippen molar-refractivity contribution in [3.63, 3.8) is 0 Å². The van der Waals surface area contributed by atoms with Crippen LogP contribution >= 0.6 is 0 Å². The van der Waals surface area contributed by atoms with Crippen LogP contribution in [-0.2, 0) is 0 Å². The van der Waals surface area contributed by atoms with Gasteiger partial charge in [-0.25, -0.2) is 8.78 Å². The fraction of sp³-hybridized carbons (Fsp3) is 0.571. The zero-order valence-corrected chi connectivity index (χ0v) is 10.1. The van der Waals surface area contributed by atoms with Crippen LogP contribution in [0, 0.1) is 12.8 Å². The Hall–Kier alpha value is -0.960. The van der Waals surface area contributed by atoms with Crippen LogP contribution in [0.25, 0.3) is 0 Å². The normalized spacial score (nSPS) is 22.4. The third kappa shape index (κ3) is 2.83. The molecule has 0 saturated heterocycles. The maximum atomic E-state index is 13.1. The average Bonchev–Trinajstić information content (AvgIpc) is 2.29. The van der Waals surface area contributed by atoms with E-state index in [-0.39, 0.29) is 24.8 Å². The van der Waals surface area contributed by atoms with Crippen molar-refractivity contribution in [1.29, 1.82) is 0 Å². The first kappa shape index (κ1) is 12.5. The quantitative estimate of drug-likeness (QED) is 0.834. The van der Waals surface area contributed by atoms with Crippen molar-refractivity contribution in [2.75, 3.05) is 0 Å². The topological polar surface area (TPSA) is 26.0 Å². The Labute approximate surface area is 101 Å². The minimum absolute atomic E-state index is 0.0166. The predicted molar refractivity (Wildman–Crippen MR) is 65.0 cm³/mol. The van der Waals surface area contributed by atoms with Crippen molar-refractivity contribution >= 4 is 0 Å². The minimum atomic E-state index is -2.47. The van der Waals surface area contributed by atoms with Gasteiger partial charge in [0.1, 0.15) is 0 Å². The molecule has 1 aromatic rings. The van der Waals surface area contributed by atoms with Gasteiger partial charge in [-0.3, -0.25) is 0 Å². The molecule has 1 saturated carbocycles. The molecule has 2 rings (SSSR count). The van der Waals surface area contributed by atoms with Gasteiger partial charge in [-0.1, -0.05) is 24.3 Å². The van der Waals surface area contributed by atoms with Gasteiger partial charge in [0.2, 0.25) is 5.92 Å². The molecule has 94 valence electrons. The van der Waals surface area contributed by atoms with Crippen molar-refractivity contribution in [3.8, 4) is 0 Å². The van der Waals surface area contributed by atoms with Gasteiger partial charge in [0.25, 0.3) is 0 Å². The zero-order chi connectivity index (χ0) is 12.5. The lowest BCUT2D eigenvalue weighted by atomic mass is 9.79. The molecule has 1 aliphatic rings. The molecular weight excluding hydrogens is 220 g/mol. The number of aryl methyl sites for hydroxylation is 1. The lowest BCUT2D eigenvalue weighted by Gasteiger charge is -2.32. The van der Waals surface area contributed by atoms with Crippen molar-refractivity contribution in [2.24, 2.45) is 11.7 Å². The molecule has 0 bridgehead atoms. The van der Waals surface area contributed by atoms with Gasteiger partial charge in [0.15, 0.2) is 0 Å². The molecule has 3 heteroatoms. The van der Waals surface area contributed by atoms with Crippen molar-refractivity contribution in [3.05, 3.63) is 35.4 Å². The highest BCUT2D eigenvalue weighted by molar-refractivity contribution is 5.29. The highest BCUT2D eigenvalue weighted by atomic mass is 19.3. The number of rotatable bonds is 2. The summed E-state index contributed by atoms with van der Waals surface area (Å²) in [5, 5.41) is 0. The molecule has 1 atom stereocenters. The average molecular weight is 239 g/mol. The van der Waals surface area contributed by atoms with E-state index in [0.717, 1.165) is 11.1 Å². The summed E-state index contributed by atoms with van der Waals surface area (Å²) in [4.78, 5) is 0. The third-order valence-corrected chi connectivity index (χ3v) is 3.82. The number of hydrogen-bond acceptors (Lipinski definition) is 1. The first-order valence-electron chi connectivity index (χ1n) is 6.18. The van der Waals surface area contributed by atoms with E-state index in [0.29, 0.717) is 12.8 Å². The Morgan fingerprint density at radius 1 is 1.24 bits per heavy atom. The number of alkyl halides is 2. The smallest absolute Gasteiger partial charge is 0.248 e. The Morgan fingerprint density at radius 3 is 2.41 bits per heavy atom. The lowest BCUT2D eigenvalue weighted by Crippen LogP contribution is -2.31. The lowest BCUT2D eigenvalue weighted by molar-refractivity contribution is -0.0483. The Bertz CT molecular complexity index is 380. The van der Waals surface area contributed by atoms with Crippen molar-refractivity contribution < 1.29 is 8.78 Å². The Kier molecular flexibility index (Phi) is 3.48. The highest BCUT2D eigenvalue weighted by Gasteiger charge is 2.37. The van der Waals surface area contributed by atoms with Crippen LogP contribution in [0.2, 0.25) is 0 Å². The first-order valence-corrected chi connectivity index (χ1v) is 6.18. The highest BCUT2D eigenvalue weighted by Crippen LogP contribution is 2.40. The largest absolute Gasteiger partial charge is 0.324 e. The van der Waals surface area contributed by atoms with E-state index in [1.165, 1.54) is 0 Å². The minimum Gasteiger partial charge on any atom is -0.324 e. The zero-order valence-electron chi connectivity index (χ0n) is 10.1.